The van der Waals surface area contributed by atoms with Crippen LogP contribution in [0.3, 0.4) is 0 Å². The Hall–Kier alpha value is -3.54. The first-order valence-electron chi connectivity index (χ1n) is 12.1. The van der Waals surface area contributed by atoms with E-state index in [0.29, 0.717) is 6.47 Å². The van der Waals surface area contributed by atoms with E-state index < -0.39 is 16.4 Å². The molecule has 7 nitrogen and oxygen atoms in total. The molecule has 3 aromatic carbocycles. The van der Waals surface area contributed by atoms with Crippen molar-refractivity contribution >= 4 is 39.0 Å². The summed E-state index contributed by atoms with van der Waals surface area (Å²) >= 11 is 6.18. The predicted octanol–water partition coefficient (Wildman–Crippen LogP) is 6.64. The second kappa shape index (κ2) is 11.1. The van der Waals surface area contributed by atoms with Gasteiger partial charge in [0.1, 0.15) is 16.2 Å². The number of hydrogen-bond acceptors (Lipinski definition) is 5. The fourth-order valence-corrected chi connectivity index (χ4v) is 5.62. The van der Waals surface area contributed by atoms with Crippen molar-refractivity contribution in [1.29, 1.82) is 0 Å². The molecule has 5 rings (SSSR count). The first-order chi connectivity index (χ1) is 18.7. The highest BCUT2D eigenvalue weighted by atomic mass is 35.5. The monoisotopic (exact) mass is 594 g/mol. The highest BCUT2D eigenvalue weighted by Crippen LogP contribution is 2.51. The summed E-state index contributed by atoms with van der Waals surface area (Å²) in [7, 11) is -4.01. The number of hydrogen-bond donors (Lipinski definition) is 1. The molecule has 0 atom stereocenters. The van der Waals surface area contributed by atoms with E-state index in [1.807, 2.05) is 49.6 Å². The average molecular weight is 595 g/mol. The third-order valence-corrected chi connectivity index (χ3v) is 7.74. The molecule has 212 valence electrons. The van der Waals surface area contributed by atoms with Crippen LogP contribution in [0.1, 0.15) is 26.3 Å². The third-order valence-electron chi connectivity index (χ3n) is 5.80. The highest BCUT2D eigenvalue weighted by molar-refractivity contribution is 7.89. The number of halogens is 4. The van der Waals surface area contributed by atoms with Crippen molar-refractivity contribution < 1.29 is 35.9 Å². The van der Waals surface area contributed by atoms with Crippen molar-refractivity contribution in [3.05, 3.63) is 77.3 Å². The molecule has 0 bridgehead atoms. The Labute approximate surface area is 234 Å². The van der Waals surface area contributed by atoms with Crippen molar-refractivity contribution in [2.45, 2.75) is 44.1 Å². The van der Waals surface area contributed by atoms with Gasteiger partial charge in [0, 0.05) is 17.5 Å². The lowest BCUT2D eigenvalue weighted by molar-refractivity contribution is -0.274. The summed E-state index contributed by atoms with van der Waals surface area (Å²) in [6, 6.07) is 18.3. The Morgan fingerprint density at radius 3 is 2.30 bits per heavy atom. The summed E-state index contributed by atoms with van der Waals surface area (Å²) < 4.78 is 76.6. The minimum Gasteiger partial charge on any atom is -0.462 e. The summed E-state index contributed by atoms with van der Waals surface area (Å²) in [5, 5.41) is 1.17. The number of benzene rings is 3. The van der Waals surface area contributed by atoms with Crippen LogP contribution in [0.5, 0.6) is 5.75 Å². The van der Waals surface area contributed by atoms with Crippen LogP contribution >= 0.6 is 11.6 Å². The maximum Gasteiger partial charge on any atom is 0.573 e. The van der Waals surface area contributed by atoms with Crippen LogP contribution in [0.15, 0.2) is 71.6 Å². The largest absolute Gasteiger partial charge is 0.573 e. The minimum absolute atomic E-state index is 0.00117. The van der Waals surface area contributed by atoms with Gasteiger partial charge in [0.25, 0.3) is 6.47 Å². The molecule has 0 aromatic heterocycles. The number of carbonyl (C=O) groups is 1. The second-order valence-corrected chi connectivity index (χ2v) is 12.0. The molecule has 3 aromatic rings. The molecule has 12 heteroatoms. The van der Waals surface area contributed by atoms with Gasteiger partial charge >= 0.3 is 6.36 Å². The maximum absolute atomic E-state index is 12.9. The molecule has 0 saturated heterocycles. The first-order valence-corrected chi connectivity index (χ1v) is 14.0. The average Bonchev–Trinajstić information content (AvgIpc) is 3.51. The summed E-state index contributed by atoms with van der Waals surface area (Å²) in [6.45, 7) is 5.79. The number of nitrogens with zero attached hydrogens (tertiary/aromatic N) is 1. The minimum atomic E-state index is -4.84. The molecule has 0 fully saturated rings. The summed E-state index contributed by atoms with van der Waals surface area (Å²) in [5.74, 6) is -0.365. The van der Waals surface area contributed by atoms with Gasteiger partial charge in [-0.15, -0.1) is 13.2 Å². The molecule has 0 unspecified atom stereocenters. The number of alkyl halides is 3. The Balaban J connectivity index is 0.000000470. The topological polar surface area (TPSA) is 86.6 Å². The lowest BCUT2D eigenvalue weighted by Gasteiger charge is -2.14. The number of aromatic nitrogens is 1. The Morgan fingerprint density at radius 2 is 1.68 bits per heavy atom. The SMILES string of the molecule is CC(C)(C)OC=O.O=S(=O)(NCCc1ccccc1OC(F)(F)F)c1cc(-c2c3c4ccccc4n2-3)ccc1Cl. The molecule has 0 radical (unpaired) electrons. The molecule has 2 heterocycles. The number of fused-ring (bicyclic) bond motifs is 4. The summed E-state index contributed by atoms with van der Waals surface area (Å²) in [6.07, 6.45) is -4.83. The molecule has 2 aliphatic rings. The van der Waals surface area contributed by atoms with Crippen LogP contribution in [0.25, 0.3) is 27.8 Å². The third kappa shape index (κ3) is 6.78. The Bertz CT molecular complexity index is 1620. The number of para-hydroxylation sites is 2. The smallest absolute Gasteiger partial charge is 0.462 e. The Morgan fingerprint density at radius 1 is 1.00 bits per heavy atom. The molecular weight excluding hydrogens is 569 g/mol. The summed E-state index contributed by atoms with van der Waals surface area (Å²) in [5.41, 5.74) is 3.69. The quantitative estimate of drug-likeness (QED) is 0.204. The van der Waals surface area contributed by atoms with E-state index in [0.717, 1.165) is 27.8 Å². The molecule has 0 amide bonds. The van der Waals surface area contributed by atoms with Crippen molar-refractivity contribution in [2.24, 2.45) is 0 Å². The number of nitrogens with one attached hydrogen (secondary N) is 1. The zero-order valence-electron chi connectivity index (χ0n) is 21.8. The first kappa shape index (κ1) is 29.4. The normalized spacial score (nSPS) is 12.5. The van der Waals surface area contributed by atoms with Crippen LogP contribution in [-0.4, -0.2) is 38.0 Å². The van der Waals surface area contributed by atoms with Crippen molar-refractivity contribution in [3.63, 3.8) is 0 Å². The Kier molecular flexibility index (Phi) is 8.21. The highest BCUT2D eigenvalue weighted by Gasteiger charge is 2.34. The van der Waals surface area contributed by atoms with E-state index >= 15 is 0 Å². The molecule has 2 aliphatic heterocycles. The predicted molar refractivity (Wildman–Crippen MR) is 146 cm³/mol. The summed E-state index contributed by atoms with van der Waals surface area (Å²) in [4.78, 5) is 9.51. The molecule has 1 N–H and O–H groups in total. The van der Waals surface area contributed by atoms with Crippen LogP contribution in [0.2, 0.25) is 5.02 Å². The van der Waals surface area contributed by atoms with Gasteiger partial charge in [-0.25, -0.2) is 13.1 Å². The molecule has 0 aliphatic carbocycles. The van der Waals surface area contributed by atoms with Crippen molar-refractivity contribution in [1.82, 2.24) is 9.29 Å². The number of rotatable bonds is 8. The molecular formula is C28H26ClF3N2O5S. The second-order valence-electron chi connectivity index (χ2n) is 9.82. The number of sulfonamides is 1. The van der Waals surface area contributed by atoms with E-state index in [2.05, 4.69) is 14.2 Å². The number of carbonyl (C=O) groups excluding carboxylic acids is 1. The van der Waals surface area contributed by atoms with Gasteiger partial charge in [-0.1, -0.05) is 54.1 Å². The van der Waals surface area contributed by atoms with Crippen LogP contribution < -0.4 is 9.46 Å². The molecule has 40 heavy (non-hydrogen) atoms. The van der Waals surface area contributed by atoms with Gasteiger partial charge in [0.2, 0.25) is 10.0 Å². The van der Waals surface area contributed by atoms with Gasteiger partial charge in [0.15, 0.2) is 0 Å². The fourth-order valence-electron chi connectivity index (χ4n) is 4.07. The van der Waals surface area contributed by atoms with E-state index in [-0.39, 0.29) is 39.8 Å². The van der Waals surface area contributed by atoms with Gasteiger partial charge in [-0.05, 0) is 57.0 Å². The van der Waals surface area contributed by atoms with Crippen LogP contribution in [0, 0.1) is 0 Å². The van der Waals surface area contributed by atoms with E-state index in [1.54, 1.807) is 12.1 Å². The van der Waals surface area contributed by atoms with Crippen LogP contribution in [0.4, 0.5) is 13.2 Å². The molecule has 0 spiro atoms. The van der Waals surface area contributed by atoms with E-state index in [4.69, 9.17) is 11.6 Å². The van der Waals surface area contributed by atoms with Crippen molar-refractivity contribution in [2.75, 3.05) is 6.54 Å². The fraction of sp³-hybridized carbons (Fsp3) is 0.250. The number of ether oxygens (including phenoxy) is 2. The van der Waals surface area contributed by atoms with Gasteiger partial charge in [0.05, 0.1) is 21.9 Å². The zero-order valence-corrected chi connectivity index (χ0v) is 23.3. The van der Waals surface area contributed by atoms with E-state index in [9.17, 15) is 26.4 Å². The maximum atomic E-state index is 12.9. The lowest BCUT2D eigenvalue weighted by Crippen LogP contribution is -2.26. The van der Waals surface area contributed by atoms with Gasteiger partial charge in [-0.3, -0.25) is 4.79 Å². The molecule has 0 saturated carbocycles. The lowest BCUT2D eigenvalue weighted by atomic mass is 10.1. The van der Waals surface area contributed by atoms with Gasteiger partial charge < -0.3 is 14.0 Å². The van der Waals surface area contributed by atoms with Gasteiger partial charge in [-0.2, -0.15) is 0 Å². The van der Waals surface area contributed by atoms with Crippen molar-refractivity contribution in [3.8, 4) is 22.7 Å². The standard InChI is InChI=1S/C23H16ClF3N2O3S.C5H10O2/c24-17-10-9-15(21-22-16-6-2-3-7-18(16)29(21)22)13-20(17)33(30,31)28-12-11-14-5-1-4-8-19(14)32-23(25,26)27;1-5(2,3)7-4-6/h1-10,13,28H,11-12H2;4H,1-3H3. The van der Waals surface area contributed by atoms with E-state index in [1.165, 1.54) is 30.3 Å². The zero-order chi connectivity index (χ0) is 29.3. The van der Waals surface area contributed by atoms with Crippen LogP contribution in [-0.2, 0) is 26.0 Å².